The second-order valence-electron chi connectivity index (χ2n) is 6.06. The molecule has 0 saturated carbocycles. The lowest BCUT2D eigenvalue weighted by atomic mass is 10.1. The number of fused-ring (bicyclic) bond motifs is 2. The molecule has 29 heavy (non-hydrogen) atoms. The summed E-state index contributed by atoms with van der Waals surface area (Å²) in [5.74, 6) is 0.788. The van der Waals surface area contributed by atoms with Crippen LogP contribution in [0.3, 0.4) is 0 Å². The minimum Gasteiger partial charge on any atom is -0.507 e. The van der Waals surface area contributed by atoms with Crippen molar-refractivity contribution in [1.29, 1.82) is 0 Å². The number of rotatable bonds is 9. The molecule has 3 aromatic rings. The van der Waals surface area contributed by atoms with Crippen LogP contribution in [0.5, 0.6) is 23.0 Å². The van der Waals surface area contributed by atoms with Gasteiger partial charge in [-0.25, -0.2) is 0 Å². The summed E-state index contributed by atoms with van der Waals surface area (Å²) in [5.41, 5.74) is 0.0122. The van der Waals surface area contributed by atoms with Crippen molar-refractivity contribution >= 4 is 21.9 Å². The van der Waals surface area contributed by atoms with Gasteiger partial charge in [0.05, 0.1) is 32.8 Å². The van der Waals surface area contributed by atoms with Crippen LogP contribution in [0.2, 0.25) is 0 Å². The fourth-order valence-corrected chi connectivity index (χ4v) is 2.88. The quantitative estimate of drug-likeness (QED) is 0.247. The molecule has 1 aromatic heterocycles. The predicted octanol–water partition coefficient (Wildman–Crippen LogP) is 3.04. The van der Waals surface area contributed by atoms with Crippen molar-refractivity contribution in [2.75, 3.05) is 27.4 Å². The molecule has 10 nitrogen and oxygen atoms in total. The van der Waals surface area contributed by atoms with Crippen molar-refractivity contribution in [3.8, 4) is 23.0 Å². The van der Waals surface area contributed by atoms with E-state index in [-0.39, 0.29) is 40.9 Å². The van der Waals surface area contributed by atoms with Gasteiger partial charge in [-0.3, -0.25) is 4.79 Å². The number of benzene rings is 2. The number of unbranched alkanes of at least 4 members (excludes halogenated alkanes) is 1. The summed E-state index contributed by atoms with van der Waals surface area (Å²) in [7, 11) is 2.92. The number of phenols is 1. The SMILES string of the molecule is COc1cc2oc3cc(OCCCCO[N+](=O)[O-])cc(O)c3c(=O)c2cc1OC. The Morgan fingerprint density at radius 1 is 1.03 bits per heavy atom. The van der Waals surface area contributed by atoms with Crippen LogP contribution in [0.1, 0.15) is 12.8 Å². The van der Waals surface area contributed by atoms with Crippen molar-refractivity contribution in [2.45, 2.75) is 12.8 Å². The lowest BCUT2D eigenvalue weighted by Gasteiger charge is -2.11. The third-order valence-electron chi connectivity index (χ3n) is 4.24. The Balaban J connectivity index is 1.89. The summed E-state index contributed by atoms with van der Waals surface area (Å²) in [4.78, 5) is 27.2. The molecule has 0 bridgehead atoms. The van der Waals surface area contributed by atoms with E-state index < -0.39 is 10.5 Å². The molecule has 0 aliphatic carbocycles. The number of phenolic OH excluding ortho intramolecular Hbond substituents is 1. The lowest BCUT2D eigenvalue weighted by Crippen LogP contribution is -2.06. The first-order valence-electron chi connectivity index (χ1n) is 8.70. The van der Waals surface area contributed by atoms with E-state index in [2.05, 4.69) is 4.84 Å². The van der Waals surface area contributed by atoms with Gasteiger partial charge in [0.25, 0.3) is 5.09 Å². The van der Waals surface area contributed by atoms with Crippen LogP contribution in [-0.4, -0.2) is 37.6 Å². The molecule has 2 aromatic carbocycles. The minimum absolute atomic E-state index is 0.0223. The number of hydrogen-bond acceptors (Lipinski definition) is 9. The number of nitrogens with zero attached hydrogens (tertiary/aromatic N) is 1. The van der Waals surface area contributed by atoms with E-state index in [1.54, 1.807) is 0 Å². The van der Waals surface area contributed by atoms with Gasteiger partial charge in [0.2, 0.25) is 5.43 Å². The fraction of sp³-hybridized carbons (Fsp3) is 0.316. The van der Waals surface area contributed by atoms with Crippen molar-refractivity contribution in [2.24, 2.45) is 0 Å². The maximum atomic E-state index is 12.8. The molecule has 0 atom stereocenters. The van der Waals surface area contributed by atoms with Crippen LogP contribution in [-0.2, 0) is 4.84 Å². The molecule has 0 saturated heterocycles. The lowest BCUT2D eigenvalue weighted by molar-refractivity contribution is -0.757. The van der Waals surface area contributed by atoms with Gasteiger partial charge < -0.3 is 28.6 Å². The Hall–Kier alpha value is -3.69. The Morgan fingerprint density at radius 3 is 2.41 bits per heavy atom. The standard InChI is InChI=1S/C19H19NO9/c1-25-15-9-12-14(10-16(15)26-2)29-17-8-11(7-13(21)18(17)19(12)22)27-5-3-4-6-28-20(23)24/h7-10,21H,3-6H2,1-2H3. The summed E-state index contributed by atoms with van der Waals surface area (Å²) in [6, 6.07) is 5.85. The smallest absolute Gasteiger partial charge is 0.294 e. The van der Waals surface area contributed by atoms with Crippen LogP contribution >= 0.6 is 0 Å². The number of ether oxygens (including phenoxy) is 3. The van der Waals surface area contributed by atoms with E-state index in [1.807, 2.05) is 0 Å². The molecule has 0 radical (unpaired) electrons. The zero-order valence-corrected chi connectivity index (χ0v) is 15.8. The molecule has 3 rings (SSSR count). The van der Waals surface area contributed by atoms with Gasteiger partial charge in [0, 0.05) is 18.2 Å². The van der Waals surface area contributed by atoms with Crippen molar-refractivity contribution in [3.63, 3.8) is 0 Å². The molecule has 0 aliphatic rings. The Labute approximate surface area is 164 Å². The molecule has 0 amide bonds. The predicted molar refractivity (Wildman–Crippen MR) is 102 cm³/mol. The third kappa shape index (κ3) is 4.26. The average Bonchev–Trinajstić information content (AvgIpc) is 2.69. The first-order valence-corrected chi connectivity index (χ1v) is 8.70. The van der Waals surface area contributed by atoms with Crippen LogP contribution in [0, 0.1) is 10.1 Å². The van der Waals surface area contributed by atoms with Gasteiger partial charge >= 0.3 is 0 Å². The van der Waals surface area contributed by atoms with Crippen molar-refractivity contribution < 1.29 is 33.7 Å². The highest BCUT2D eigenvalue weighted by Crippen LogP contribution is 2.35. The van der Waals surface area contributed by atoms with Crippen LogP contribution in [0.4, 0.5) is 0 Å². The molecule has 0 aliphatic heterocycles. The number of hydrogen-bond donors (Lipinski definition) is 1. The highest BCUT2D eigenvalue weighted by molar-refractivity contribution is 5.94. The second-order valence-corrected chi connectivity index (χ2v) is 6.06. The van der Waals surface area contributed by atoms with Crippen molar-refractivity contribution in [3.05, 3.63) is 44.6 Å². The third-order valence-corrected chi connectivity index (χ3v) is 4.24. The highest BCUT2D eigenvalue weighted by atomic mass is 16.9. The van der Waals surface area contributed by atoms with Gasteiger partial charge in [-0.1, -0.05) is 0 Å². The molecule has 0 spiro atoms. The second kappa shape index (κ2) is 8.55. The molecule has 1 heterocycles. The summed E-state index contributed by atoms with van der Waals surface area (Å²) in [6.07, 6.45) is 0.938. The molecule has 10 heteroatoms. The molecule has 0 unspecified atom stereocenters. The van der Waals surface area contributed by atoms with E-state index in [1.165, 1.54) is 38.5 Å². The first kappa shape index (κ1) is 20.1. The van der Waals surface area contributed by atoms with Crippen LogP contribution in [0.25, 0.3) is 21.9 Å². The van der Waals surface area contributed by atoms with E-state index in [9.17, 15) is 20.0 Å². The van der Waals surface area contributed by atoms with Crippen molar-refractivity contribution in [1.82, 2.24) is 0 Å². The fourth-order valence-electron chi connectivity index (χ4n) is 2.88. The topological polar surface area (TPSA) is 130 Å². The van der Waals surface area contributed by atoms with Gasteiger partial charge in [-0.05, 0) is 18.9 Å². The first-order chi connectivity index (χ1) is 13.9. The van der Waals surface area contributed by atoms with Gasteiger partial charge in [0.15, 0.2) is 11.5 Å². The average molecular weight is 405 g/mol. The summed E-state index contributed by atoms with van der Waals surface area (Å²) >= 11 is 0. The zero-order chi connectivity index (χ0) is 21.0. The minimum atomic E-state index is -0.848. The molecule has 1 N–H and O–H groups in total. The van der Waals surface area contributed by atoms with Gasteiger partial charge in [-0.15, -0.1) is 10.1 Å². The Bertz CT molecular complexity index is 1110. The summed E-state index contributed by atoms with van der Waals surface area (Å²) < 4.78 is 21.8. The molecular weight excluding hydrogens is 386 g/mol. The largest absolute Gasteiger partial charge is 0.507 e. The number of aromatic hydroxyl groups is 1. The highest BCUT2D eigenvalue weighted by Gasteiger charge is 2.16. The van der Waals surface area contributed by atoms with Crippen LogP contribution < -0.4 is 19.6 Å². The van der Waals surface area contributed by atoms with E-state index in [0.717, 1.165) is 0 Å². The molecule has 154 valence electrons. The summed E-state index contributed by atoms with van der Waals surface area (Å²) in [6.45, 7) is 0.223. The van der Waals surface area contributed by atoms with Gasteiger partial charge in [0.1, 0.15) is 28.1 Å². The Kier molecular flexibility index (Phi) is 5.91. The van der Waals surface area contributed by atoms with Crippen LogP contribution in [0.15, 0.2) is 33.5 Å². The molecule has 0 fully saturated rings. The maximum Gasteiger partial charge on any atom is 0.294 e. The maximum absolute atomic E-state index is 12.8. The van der Waals surface area contributed by atoms with E-state index in [0.29, 0.717) is 30.1 Å². The monoisotopic (exact) mass is 405 g/mol. The zero-order valence-electron chi connectivity index (χ0n) is 15.8. The summed E-state index contributed by atoms with van der Waals surface area (Å²) in [5, 5.41) is 19.8. The van der Waals surface area contributed by atoms with Gasteiger partial charge in [-0.2, -0.15) is 0 Å². The number of methoxy groups -OCH3 is 2. The van der Waals surface area contributed by atoms with E-state index in [4.69, 9.17) is 18.6 Å². The normalized spacial score (nSPS) is 10.8. The molecular formula is C19H19NO9. The van der Waals surface area contributed by atoms with E-state index >= 15 is 0 Å². The Morgan fingerprint density at radius 2 is 1.72 bits per heavy atom.